The summed E-state index contributed by atoms with van der Waals surface area (Å²) in [5, 5.41) is 7.58. The highest BCUT2D eigenvalue weighted by Gasteiger charge is 2.21. The van der Waals surface area contributed by atoms with E-state index in [4.69, 9.17) is 5.73 Å². The summed E-state index contributed by atoms with van der Waals surface area (Å²) >= 11 is 0. The van der Waals surface area contributed by atoms with E-state index >= 15 is 0 Å². The lowest BCUT2D eigenvalue weighted by Crippen LogP contribution is -2.18. The van der Waals surface area contributed by atoms with E-state index in [2.05, 4.69) is 24.0 Å². The maximum atomic E-state index is 6.17. The summed E-state index contributed by atoms with van der Waals surface area (Å²) in [6.07, 6.45) is 6.20. The number of aromatic amines is 1. The molecule has 1 aromatic heterocycles. The van der Waals surface area contributed by atoms with Gasteiger partial charge in [0.1, 0.15) is 0 Å². The van der Waals surface area contributed by atoms with Crippen molar-refractivity contribution in [1.82, 2.24) is 10.2 Å². The lowest BCUT2D eigenvalue weighted by molar-refractivity contribution is 0.498. The van der Waals surface area contributed by atoms with Crippen LogP contribution in [-0.4, -0.2) is 10.2 Å². The van der Waals surface area contributed by atoms with E-state index in [9.17, 15) is 0 Å². The van der Waals surface area contributed by atoms with Gasteiger partial charge in [0, 0.05) is 5.69 Å². The van der Waals surface area contributed by atoms with Crippen LogP contribution >= 0.6 is 0 Å². The van der Waals surface area contributed by atoms with Gasteiger partial charge < -0.3 is 5.73 Å². The third kappa shape index (κ3) is 2.07. The molecule has 1 atom stereocenters. The van der Waals surface area contributed by atoms with Crippen molar-refractivity contribution in [3.05, 3.63) is 17.0 Å². The van der Waals surface area contributed by atoms with E-state index in [1.165, 1.54) is 30.5 Å². The van der Waals surface area contributed by atoms with E-state index in [-0.39, 0.29) is 6.04 Å². The molecule has 1 aliphatic carbocycles. The maximum absolute atomic E-state index is 6.17. The smallest absolute Gasteiger partial charge is 0.0826 e. The van der Waals surface area contributed by atoms with Crippen molar-refractivity contribution in [2.75, 3.05) is 0 Å². The number of nitrogens with two attached hydrogens (primary N) is 1. The molecule has 15 heavy (non-hydrogen) atoms. The molecule has 0 amide bonds. The zero-order valence-electron chi connectivity index (χ0n) is 9.71. The van der Waals surface area contributed by atoms with Crippen LogP contribution in [0.2, 0.25) is 0 Å². The molecule has 0 spiro atoms. The van der Waals surface area contributed by atoms with Crippen LogP contribution in [0.25, 0.3) is 0 Å². The minimum absolute atomic E-state index is 0.0862. The Labute approximate surface area is 91.4 Å². The van der Waals surface area contributed by atoms with Crippen molar-refractivity contribution in [1.29, 1.82) is 0 Å². The molecule has 0 saturated carbocycles. The Morgan fingerprint density at radius 1 is 1.20 bits per heavy atom. The number of rotatable bonds is 2. The highest BCUT2D eigenvalue weighted by molar-refractivity contribution is 5.29. The first kappa shape index (κ1) is 10.7. The Morgan fingerprint density at radius 2 is 1.93 bits per heavy atom. The molecule has 1 heterocycles. The van der Waals surface area contributed by atoms with Gasteiger partial charge in [0.15, 0.2) is 0 Å². The minimum atomic E-state index is 0.0862. The lowest BCUT2D eigenvalue weighted by atomic mass is 9.96. The van der Waals surface area contributed by atoms with Crippen LogP contribution in [0, 0.1) is 5.92 Å². The number of aromatic nitrogens is 2. The van der Waals surface area contributed by atoms with Crippen LogP contribution in [0.15, 0.2) is 0 Å². The Hall–Kier alpha value is -0.830. The van der Waals surface area contributed by atoms with Crippen molar-refractivity contribution in [3.8, 4) is 0 Å². The van der Waals surface area contributed by atoms with Crippen LogP contribution in [0.5, 0.6) is 0 Å². The summed E-state index contributed by atoms with van der Waals surface area (Å²) in [4.78, 5) is 0. The number of nitrogens with one attached hydrogen (secondary N) is 1. The molecule has 0 saturated heterocycles. The molecule has 0 radical (unpaired) electrons. The van der Waals surface area contributed by atoms with Gasteiger partial charge in [-0.2, -0.15) is 5.10 Å². The zero-order valence-corrected chi connectivity index (χ0v) is 9.71. The molecule has 1 aliphatic rings. The molecule has 0 bridgehead atoms. The second kappa shape index (κ2) is 4.35. The molecule has 1 aromatic rings. The van der Waals surface area contributed by atoms with Crippen LogP contribution in [-0.2, 0) is 12.8 Å². The number of aryl methyl sites for hydroxylation is 1. The first-order valence-electron chi connectivity index (χ1n) is 6.01. The van der Waals surface area contributed by atoms with E-state index in [1.54, 1.807) is 0 Å². The van der Waals surface area contributed by atoms with Crippen molar-refractivity contribution >= 4 is 0 Å². The van der Waals surface area contributed by atoms with E-state index in [1.807, 2.05) is 0 Å². The molecule has 84 valence electrons. The highest BCUT2D eigenvalue weighted by Crippen LogP contribution is 2.27. The molecule has 0 aromatic carbocycles. The fourth-order valence-electron chi connectivity index (χ4n) is 2.27. The normalized spacial score (nSPS) is 18.7. The second-order valence-electron chi connectivity index (χ2n) is 4.90. The number of fused-ring (bicyclic) bond motifs is 1. The van der Waals surface area contributed by atoms with Crippen LogP contribution < -0.4 is 5.73 Å². The summed E-state index contributed by atoms with van der Waals surface area (Å²) in [6.45, 7) is 4.31. The maximum Gasteiger partial charge on any atom is 0.0826 e. The van der Waals surface area contributed by atoms with Gasteiger partial charge in [-0.05, 0) is 37.2 Å². The SMILES string of the molecule is CC(C)C(N)c1n[nH]c2c1CCCCC2. The summed E-state index contributed by atoms with van der Waals surface area (Å²) in [6, 6.07) is 0.0862. The quantitative estimate of drug-likeness (QED) is 0.731. The topological polar surface area (TPSA) is 54.7 Å². The van der Waals surface area contributed by atoms with Gasteiger partial charge in [-0.1, -0.05) is 20.3 Å². The second-order valence-corrected chi connectivity index (χ2v) is 4.90. The lowest BCUT2D eigenvalue weighted by Gasteiger charge is -2.14. The summed E-state index contributed by atoms with van der Waals surface area (Å²) in [7, 11) is 0. The fourth-order valence-corrected chi connectivity index (χ4v) is 2.27. The van der Waals surface area contributed by atoms with Gasteiger partial charge in [-0.25, -0.2) is 0 Å². The number of hydrogen-bond donors (Lipinski definition) is 2. The molecule has 3 N–H and O–H groups in total. The predicted octanol–water partition coefficient (Wildman–Crippen LogP) is 2.33. The molecule has 0 aliphatic heterocycles. The van der Waals surface area contributed by atoms with E-state index in [0.717, 1.165) is 18.5 Å². The van der Waals surface area contributed by atoms with Crippen LogP contribution in [0.1, 0.15) is 56.1 Å². The average molecular weight is 207 g/mol. The monoisotopic (exact) mass is 207 g/mol. The Kier molecular flexibility index (Phi) is 3.10. The van der Waals surface area contributed by atoms with Gasteiger partial charge in [-0.3, -0.25) is 5.10 Å². The minimum Gasteiger partial charge on any atom is -0.322 e. The first-order valence-corrected chi connectivity index (χ1v) is 6.01. The molecule has 1 unspecified atom stereocenters. The van der Waals surface area contributed by atoms with Crippen molar-refractivity contribution < 1.29 is 0 Å². The highest BCUT2D eigenvalue weighted by atomic mass is 15.1. The zero-order chi connectivity index (χ0) is 10.8. The fraction of sp³-hybridized carbons (Fsp3) is 0.750. The molecule has 2 rings (SSSR count). The van der Waals surface area contributed by atoms with Crippen molar-refractivity contribution in [2.45, 2.75) is 52.0 Å². The molecule has 3 heteroatoms. The molecular weight excluding hydrogens is 186 g/mol. The summed E-state index contributed by atoms with van der Waals surface area (Å²) in [5.41, 5.74) is 10.0. The standard InChI is InChI=1S/C12H21N3/c1-8(2)11(13)12-9-6-4-3-5-7-10(9)14-15-12/h8,11H,3-7,13H2,1-2H3,(H,14,15). The average Bonchev–Trinajstić information content (AvgIpc) is 2.46. The third-order valence-electron chi connectivity index (χ3n) is 3.37. The van der Waals surface area contributed by atoms with Crippen LogP contribution in [0.3, 0.4) is 0 Å². The number of nitrogens with zero attached hydrogens (tertiary/aromatic N) is 1. The number of hydrogen-bond acceptors (Lipinski definition) is 2. The molecule has 0 fully saturated rings. The molecular formula is C12H21N3. The van der Waals surface area contributed by atoms with E-state index < -0.39 is 0 Å². The summed E-state index contributed by atoms with van der Waals surface area (Å²) in [5.74, 6) is 0.459. The van der Waals surface area contributed by atoms with Crippen LogP contribution in [0.4, 0.5) is 0 Å². The van der Waals surface area contributed by atoms with Gasteiger partial charge in [0.25, 0.3) is 0 Å². The van der Waals surface area contributed by atoms with Gasteiger partial charge >= 0.3 is 0 Å². The van der Waals surface area contributed by atoms with Gasteiger partial charge in [-0.15, -0.1) is 0 Å². The molecule has 3 nitrogen and oxygen atoms in total. The van der Waals surface area contributed by atoms with Gasteiger partial charge in [0.2, 0.25) is 0 Å². The van der Waals surface area contributed by atoms with Crippen molar-refractivity contribution in [2.24, 2.45) is 11.7 Å². The van der Waals surface area contributed by atoms with Crippen molar-refractivity contribution in [3.63, 3.8) is 0 Å². The first-order chi connectivity index (χ1) is 7.20. The Balaban J connectivity index is 2.29. The van der Waals surface area contributed by atoms with E-state index in [0.29, 0.717) is 5.92 Å². The Morgan fingerprint density at radius 3 is 2.67 bits per heavy atom. The van der Waals surface area contributed by atoms with Gasteiger partial charge in [0.05, 0.1) is 11.7 Å². The largest absolute Gasteiger partial charge is 0.322 e. The summed E-state index contributed by atoms with van der Waals surface area (Å²) < 4.78 is 0. The Bertz CT molecular complexity index is 328. The third-order valence-corrected chi connectivity index (χ3v) is 3.37. The predicted molar refractivity (Wildman–Crippen MR) is 61.6 cm³/mol. The number of H-pyrrole nitrogens is 1.